The summed E-state index contributed by atoms with van der Waals surface area (Å²) in [5, 5.41) is 4.57. The summed E-state index contributed by atoms with van der Waals surface area (Å²) in [4.78, 5) is 4.81. The first-order valence-electron chi connectivity index (χ1n) is 29.9. The van der Waals surface area contributed by atoms with Crippen LogP contribution in [0, 0.1) is 0 Å². The van der Waals surface area contributed by atoms with Crippen LogP contribution < -0.4 is 28.7 Å². The standard InChI is InChI=1S/C79H60N4O4/c1-5-80-75-41-31-53(45-67(75)69-49-61(37-43-77(69)80)86-59-17-9-7-10-18-59)82(51-25-33-57(84-3)34-26-51)55-29-39-65-66-40-30-56(48-74(66)79(73(65)47-55)71-23-15-13-21-63(71)64-22-14-16-24-72(64)79)83(52-27-35-58(85-4)36-28-52)54-32-42-76-68(46-54)70-50-62(38-44-78(70)81(76)6-2)87-60-19-11-8-12-20-60/h7-50H,5-6H2,1-4H3. The first-order chi connectivity index (χ1) is 42.9. The van der Waals surface area contributed by atoms with Gasteiger partial charge in [0, 0.05) is 90.8 Å². The summed E-state index contributed by atoms with van der Waals surface area (Å²) < 4.78 is 29.3. The number of rotatable bonds is 14. The molecule has 16 rings (SSSR count). The molecular weight excluding hydrogens is 1070 g/mol. The molecule has 8 heteroatoms. The van der Waals surface area contributed by atoms with E-state index in [4.69, 9.17) is 18.9 Å². The first-order valence-corrected chi connectivity index (χ1v) is 29.9. The third kappa shape index (κ3) is 8.19. The maximum absolute atomic E-state index is 6.47. The molecule has 0 amide bonds. The van der Waals surface area contributed by atoms with Crippen molar-refractivity contribution < 1.29 is 18.9 Å². The molecule has 2 aliphatic rings. The average molecular weight is 1130 g/mol. The van der Waals surface area contributed by atoms with E-state index in [1.165, 1.54) is 55.5 Å². The zero-order valence-corrected chi connectivity index (χ0v) is 48.7. The second-order valence-electron chi connectivity index (χ2n) is 22.4. The number of methoxy groups -OCH3 is 2. The highest BCUT2D eigenvalue weighted by atomic mass is 16.5. The minimum atomic E-state index is -0.692. The van der Waals surface area contributed by atoms with Crippen molar-refractivity contribution in [1.29, 1.82) is 0 Å². The molecule has 0 bridgehead atoms. The summed E-state index contributed by atoms with van der Waals surface area (Å²) in [7, 11) is 3.44. The Hall–Kier alpha value is -11.0. The Balaban J connectivity index is 0.892. The van der Waals surface area contributed by atoms with Crippen molar-refractivity contribution >= 4 is 77.7 Å². The highest BCUT2D eigenvalue weighted by molar-refractivity contribution is 6.12. The van der Waals surface area contributed by atoms with Crippen molar-refractivity contribution in [2.24, 2.45) is 0 Å². The fourth-order valence-corrected chi connectivity index (χ4v) is 14.2. The smallest absolute Gasteiger partial charge is 0.128 e. The topological polar surface area (TPSA) is 53.3 Å². The SMILES string of the molecule is CCn1c2ccc(Oc3ccccc3)cc2c2cc(N(c3ccc(OC)cc3)c3ccc4c(c3)C3(c5ccccc5-c5ccccc53)c3cc(N(c5ccc(OC)cc5)c5ccc6c(c5)c5cc(Oc7ccccc7)ccc5n6CC)ccc3-4)ccc21. The van der Waals surface area contributed by atoms with Crippen LogP contribution in [0.4, 0.5) is 34.1 Å². The highest BCUT2D eigenvalue weighted by Crippen LogP contribution is 2.64. The van der Waals surface area contributed by atoms with Crippen LogP contribution in [-0.2, 0) is 18.5 Å². The molecule has 2 aliphatic carbocycles. The summed E-state index contributed by atoms with van der Waals surface area (Å²) in [6.07, 6.45) is 0. The van der Waals surface area contributed by atoms with E-state index in [-0.39, 0.29) is 0 Å². The lowest BCUT2D eigenvalue weighted by Gasteiger charge is -2.33. The number of benzene rings is 12. The van der Waals surface area contributed by atoms with Gasteiger partial charge in [-0.1, -0.05) is 97.1 Å². The third-order valence-electron chi connectivity index (χ3n) is 18.0. The Morgan fingerprint density at radius 1 is 0.287 bits per heavy atom. The molecule has 14 aromatic rings. The minimum absolute atomic E-state index is 0.692. The maximum atomic E-state index is 6.47. The number of hydrogen-bond acceptors (Lipinski definition) is 6. The molecule has 0 fully saturated rings. The van der Waals surface area contributed by atoms with Gasteiger partial charge in [-0.2, -0.15) is 0 Å². The molecule has 0 unspecified atom stereocenters. The van der Waals surface area contributed by atoms with Crippen LogP contribution in [0.1, 0.15) is 36.1 Å². The summed E-state index contributed by atoms with van der Waals surface area (Å²) in [5.74, 6) is 4.78. The molecule has 0 radical (unpaired) electrons. The van der Waals surface area contributed by atoms with E-state index < -0.39 is 5.41 Å². The molecule has 0 atom stereocenters. The van der Waals surface area contributed by atoms with Gasteiger partial charge in [0.2, 0.25) is 0 Å². The van der Waals surface area contributed by atoms with Gasteiger partial charge in [-0.15, -0.1) is 0 Å². The predicted octanol–water partition coefficient (Wildman–Crippen LogP) is 20.8. The van der Waals surface area contributed by atoms with Gasteiger partial charge in [-0.05, 0) is 228 Å². The Morgan fingerprint density at radius 3 is 1.01 bits per heavy atom. The van der Waals surface area contributed by atoms with Crippen LogP contribution in [-0.4, -0.2) is 23.4 Å². The number of fused-ring (bicyclic) bond motifs is 16. The molecule has 420 valence electrons. The zero-order chi connectivity index (χ0) is 58.3. The second-order valence-corrected chi connectivity index (χ2v) is 22.4. The third-order valence-corrected chi connectivity index (χ3v) is 18.0. The van der Waals surface area contributed by atoms with Crippen molar-refractivity contribution in [2.75, 3.05) is 24.0 Å². The molecule has 0 saturated heterocycles. The van der Waals surface area contributed by atoms with Gasteiger partial charge in [-0.3, -0.25) is 0 Å². The lowest BCUT2D eigenvalue weighted by atomic mass is 9.70. The fraction of sp³-hybridized carbons (Fsp3) is 0.0886. The van der Waals surface area contributed by atoms with Crippen LogP contribution in [0.5, 0.6) is 34.5 Å². The molecule has 2 aromatic heterocycles. The molecule has 1 spiro atoms. The van der Waals surface area contributed by atoms with E-state index in [1.54, 1.807) is 14.2 Å². The molecule has 8 nitrogen and oxygen atoms in total. The van der Waals surface area contributed by atoms with E-state index >= 15 is 0 Å². The number of nitrogens with zero attached hydrogens (tertiary/aromatic N) is 4. The van der Waals surface area contributed by atoms with Gasteiger partial charge in [-0.25, -0.2) is 0 Å². The summed E-state index contributed by atoms with van der Waals surface area (Å²) in [6, 6.07) is 96.0. The van der Waals surface area contributed by atoms with Crippen LogP contribution in [0.2, 0.25) is 0 Å². The largest absolute Gasteiger partial charge is 0.497 e. The second kappa shape index (κ2) is 20.7. The number of hydrogen-bond donors (Lipinski definition) is 0. The van der Waals surface area contributed by atoms with Gasteiger partial charge in [0.15, 0.2) is 0 Å². The van der Waals surface area contributed by atoms with E-state index in [1.807, 2.05) is 60.7 Å². The predicted molar refractivity (Wildman–Crippen MR) is 356 cm³/mol. The van der Waals surface area contributed by atoms with Crippen molar-refractivity contribution in [3.63, 3.8) is 0 Å². The fourth-order valence-electron chi connectivity index (χ4n) is 14.2. The molecule has 0 saturated carbocycles. The molecule has 2 heterocycles. The Kier molecular flexibility index (Phi) is 12.3. The van der Waals surface area contributed by atoms with E-state index in [2.05, 4.69) is 239 Å². The lowest BCUT2D eigenvalue weighted by Crippen LogP contribution is -2.26. The summed E-state index contributed by atoms with van der Waals surface area (Å²) in [5.41, 5.74) is 20.0. The molecule has 12 aromatic carbocycles. The zero-order valence-electron chi connectivity index (χ0n) is 48.7. The monoisotopic (exact) mass is 1130 g/mol. The number of ether oxygens (including phenoxy) is 4. The van der Waals surface area contributed by atoms with E-state index in [0.717, 1.165) is 114 Å². The van der Waals surface area contributed by atoms with Crippen molar-refractivity contribution in [1.82, 2.24) is 9.13 Å². The Morgan fingerprint density at radius 2 is 0.609 bits per heavy atom. The van der Waals surface area contributed by atoms with Gasteiger partial charge < -0.3 is 37.9 Å². The van der Waals surface area contributed by atoms with Gasteiger partial charge >= 0.3 is 0 Å². The van der Waals surface area contributed by atoms with Crippen molar-refractivity contribution in [2.45, 2.75) is 32.4 Å². The number of para-hydroxylation sites is 2. The number of anilines is 6. The highest BCUT2D eigenvalue weighted by Gasteiger charge is 2.52. The van der Waals surface area contributed by atoms with Gasteiger partial charge in [0.1, 0.15) is 34.5 Å². The Labute approximate surface area is 505 Å². The quantitative estimate of drug-likeness (QED) is 0.108. The lowest BCUT2D eigenvalue weighted by molar-refractivity contribution is 0.414. The van der Waals surface area contributed by atoms with Crippen LogP contribution in [0.3, 0.4) is 0 Å². The Bertz CT molecular complexity index is 4670. The van der Waals surface area contributed by atoms with Crippen LogP contribution in [0.15, 0.2) is 267 Å². The van der Waals surface area contributed by atoms with Gasteiger partial charge in [0.05, 0.1) is 19.6 Å². The molecule has 0 N–H and O–H groups in total. The van der Waals surface area contributed by atoms with Crippen molar-refractivity contribution in [3.05, 3.63) is 289 Å². The molecule has 0 aliphatic heterocycles. The van der Waals surface area contributed by atoms with E-state index in [0.29, 0.717) is 0 Å². The van der Waals surface area contributed by atoms with Crippen LogP contribution >= 0.6 is 0 Å². The minimum Gasteiger partial charge on any atom is -0.497 e. The average Bonchev–Trinajstić information content (AvgIpc) is 1.52. The first kappa shape index (κ1) is 51.7. The van der Waals surface area contributed by atoms with E-state index in [9.17, 15) is 0 Å². The maximum Gasteiger partial charge on any atom is 0.128 e. The normalized spacial score (nSPS) is 12.6. The van der Waals surface area contributed by atoms with Crippen LogP contribution in [0.25, 0.3) is 65.9 Å². The molecule has 87 heavy (non-hydrogen) atoms. The van der Waals surface area contributed by atoms with Crippen molar-refractivity contribution in [3.8, 4) is 56.8 Å². The molecular formula is C79H60N4O4. The number of aryl methyl sites for hydroxylation is 2. The summed E-state index contributed by atoms with van der Waals surface area (Å²) >= 11 is 0. The number of aromatic nitrogens is 2. The van der Waals surface area contributed by atoms with Gasteiger partial charge in [0.25, 0.3) is 0 Å². The summed E-state index contributed by atoms with van der Waals surface area (Å²) in [6.45, 7) is 6.07.